The van der Waals surface area contributed by atoms with E-state index >= 15 is 0 Å². The van der Waals surface area contributed by atoms with E-state index < -0.39 is 17.6 Å². The van der Waals surface area contributed by atoms with Crippen molar-refractivity contribution >= 4 is 40.4 Å². The number of fused-ring (bicyclic) bond motifs is 1. The molecule has 1 saturated carbocycles. The van der Waals surface area contributed by atoms with Gasteiger partial charge in [0, 0.05) is 107 Å². The smallest absolute Gasteiger partial charge is 0.302 e. The molecule has 1 aliphatic carbocycles. The molecule has 398 valence electrons. The third-order valence-electron chi connectivity index (χ3n) is 15.3. The monoisotopic (exact) mass is 1010 g/mol. The highest BCUT2D eigenvalue weighted by Crippen LogP contribution is 2.43. The van der Waals surface area contributed by atoms with Gasteiger partial charge < -0.3 is 38.7 Å². The number of piperazine rings is 1. The number of carbonyl (C=O) groups excluding carboxylic acids is 3. The maximum absolute atomic E-state index is 14.1. The molecule has 8 rings (SSSR count). The molecule has 3 fully saturated rings. The summed E-state index contributed by atoms with van der Waals surface area (Å²) in [7, 11) is 3.61. The third kappa shape index (κ3) is 13.2. The molecular weight excluding hydrogens is 929 g/mol. The molecule has 0 spiro atoms. The van der Waals surface area contributed by atoms with Gasteiger partial charge in [-0.15, -0.1) is 0 Å². The normalized spacial score (nSPS) is 16.9. The lowest BCUT2D eigenvalue weighted by Crippen LogP contribution is -2.54. The van der Waals surface area contributed by atoms with Crippen molar-refractivity contribution in [3.63, 3.8) is 0 Å². The van der Waals surface area contributed by atoms with Crippen molar-refractivity contribution < 1.29 is 28.6 Å². The second-order valence-corrected chi connectivity index (χ2v) is 21.8. The number of benzene rings is 3. The Morgan fingerprint density at radius 1 is 0.946 bits per heavy atom. The first-order valence-electron chi connectivity index (χ1n) is 27.2. The van der Waals surface area contributed by atoms with Gasteiger partial charge in [0.15, 0.2) is 0 Å². The first-order chi connectivity index (χ1) is 35.7. The van der Waals surface area contributed by atoms with Crippen LogP contribution in [0.15, 0.2) is 79.0 Å². The number of likely N-dealkylation sites (N-methyl/N-ethyl adjacent to an activating group) is 1. The van der Waals surface area contributed by atoms with Gasteiger partial charge in [0.2, 0.25) is 0 Å². The summed E-state index contributed by atoms with van der Waals surface area (Å²) in [4.78, 5) is 51.0. The Morgan fingerprint density at radius 2 is 1.70 bits per heavy atom. The number of pyridine rings is 1. The van der Waals surface area contributed by atoms with Gasteiger partial charge in [0.1, 0.15) is 12.4 Å². The van der Waals surface area contributed by atoms with Crippen LogP contribution in [0.3, 0.4) is 0 Å². The molecule has 14 heteroatoms. The second-order valence-electron chi connectivity index (χ2n) is 21.8. The summed E-state index contributed by atoms with van der Waals surface area (Å²) in [6.07, 6.45) is 7.93. The second kappa shape index (κ2) is 24.8. The minimum absolute atomic E-state index is 0.0363. The predicted molar refractivity (Wildman–Crippen MR) is 296 cm³/mol. The standard InChI is InChI=1S/C60H82N8O6/c1-10-67-55-21-18-46(34-51(55)53(36-60(6,7)40-74-43(5)70)58(67)52-35-50(37-62-57(52)42(4)72-9)65-26-24-64(25-27-65)49-19-20-49)47-31-44(33-54(61-8)59(71)68-23-15-14-22-63-68)30-45(32-47)38-66(48-16-12-11-13-17-48)28-29-73-56(39-69)41(2)3/h11-13,16-18,21,30-32,34-35,37,39,41-42,49,54,56,61,63H,10,14-15,19-20,22-29,33,36,38,40H2,1-9H3/t42?,54?,56-/m1/s1. The molecule has 14 nitrogen and oxygen atoms in total. The number of anilines is 2. The van der Waals surface area contributed by atoms with Crippen LogP contribution in [0.1, 0.15) is 103 Å². The van der Waals surface area contributed by atoms with E-state index in [0.717, 1.165) is 126 Å². The zero-order valence-corrected chi connectivity index (χ0v) is 45.6. The lowest BCUT2D eigenvalue weighted by atomic mass is 9.84. The van der Waals surface area contributed by atoms with E-state index in [4.69, 9.17) is 19.2 Å². The van der Waals surface area contributed by atoms with Crippen LogP contribution in [-0.4, -0.2) is 129 Å². The van der Waals surface area contributed by atoms with Crippen molar-refractivity contribution in [1.29, 1.82) is 0 Å². The topological polar surface area (TPSA) is 134 Å². The van der Waals surface area contributed by atoms with Gasteiger partial charge in [-0.1, -0.05) is 64.1 Å². The Morgan fingerprint density at radius 3 is 2.35 bits per heavy atom. The number of ether oxygens (including phenoxy) is 3. The maximum Gasteiger partial charge on any atom is 0.302 e. The van der Waals surface area contributed by atoms with E-state index in [-0.39, 0.29) is 30.5 Å². The molecule has 2 saturated heterocycles. The highest BCUT2D eigenvalue weighted by molar-refractivity contribution is 5.96. The van der Waals surface area contributed by atoms with Crippen LogP contribution >= 0.6 is 0 Å². The number of methoxy groups -OCH3 is 1. The van der Waals surface area contributed by atoms with Gasteiger partial charge in [-0.05, 0) is 130 Å². The number of hydrazine groups is 1. The Kier molecular flexibility index (Phi) is 18.3. The molecule has 3 aliphatic rings. The molecule has 3 atom stereocenters. The SMILES string of the molecule is CCn1c(-c2cc(N3CCN(C4CC4)CC3)cnc2C(C)OC)c(CC(C)(C)COC(C)=O)c2cc(-c3cc(CC(NC)C(=O)N4CCCCN4)cc(CN(CCO[C@H](C=O)C(C)C)c4ccccc4)c3)ccc21. The molecule has 4 heterocycles. The minimum atomic E-state index is -0.481. The van der Waals surface area contributed by atoms with Crippen molar-refractivity contribution in [3.05, 3.63) is 101 Å². The quantitative estimate of drug-likeness (QED) is 0.0452. The van der Waals surface area contributed by atoms with Crippen LogP contribution < -0.4 is 20.5 Å². The largest absolute Gasteiger partial charge is 0.465 e. The van der Waals surface area contributed by atoms with Gasteiger partial charge in [0.25, 0.3) is 5.91 Å². The lowest BCUT2D eigenvalue weighted by Gasteiger charge is -2.36. The molecule has 2 N–H and O–H groups in total. The summed E-state index contributed by atoms with van der Waals surface area (Å²) in [6, 6.07) is 26.6. The number of aldehydes is 1. The number of hydrogen-bond acceptors (Lipinski definition) is 12. The molecule has 2 aromatic heterocycles. The van der Waals surface area contributed by atoms with Crippen molar-refractivity contribution in [1.82, 2.24) is 30.2 Å². The van der Waals surface area contributed by atoms with E-state index in [1.807, 2.05) is 45.3 Å². The number of hydrogen-bond donors (Lipinski definition) is 2. The number of amides is 1. The third-order valence-corrected chi connectivity index (χ3v) is 15.3. The molecular formula is C60H82N8O6. The zero-order chi connectivity index (χ0) is 52.5. The van der Waals surface area contributed by atoms with E-state index in [2.05, 4.69) is 112 Å². The first-order valence-corrected chi connectivity index (χ1v) is 27.2. The van der Waals surface area contributed by atoms with E-state index in [1.54, 1.807) is 12.1 Å². The molecule has 1 amide bonds. The van der Waals surface area contributed by atoms with Crippen molar-refractivity contribution in [2.75, 3.05) is 83.0 Å². The van der Waals surface area contributed by atoms with Gasteiger partial charge in [-0.3, -0.25) is 24.5 Å². The number of nitrogens with one attached hydrogen (secondary N) is 2. The maximum atomic E-state index is 14.1. The number of para-hydroxylation sites is 1. The minimum Gasteiger partial charge on any atom is -0.465 e. The molecule has 2 unspecified atom stereocenters. The van der Waals surface area contributed by atoms with Crippen LogP contribution in [0.5, 0.6) is 0 Å². The first kappa shape index (κ1) is 54.6. The number of esters is 1. The predicted octanol–water partition coefficient (Wildman–Crippen LogP) is 9.02. The number of carbonyl (C=O) groups is 3. The zero-order valence-electron chi connectivity index (χ0n) is 45.6. The number of nitrogens with zero attached hydrogens (tertiary/aromatic N) is 6. The van der Waals surface area contributed by atoms with Gasteiger partial charge in [-0.2, -0.15) is 0 Å². The van der Waals surface area contributed by atoms with E-state index in [1.165, 1.54) is 25.3 Å². The summed E-state index contributed by atoms with van der Waals surface area (Å²) >= 11 is 0. The fraction of sp³-hybridized carbons (Fsp3) is 0.533. The molecule has 5 aromatic rings. The van der Waals surface area contributed by atoms with Crippen LogP contribution in [0.4, 0.5) is 11.4 Å². The highest BCUT2D eigenvalue weighted by atomic mass is 16.5. The molecule has 0 radical (unpaired) electrons. The number of aromatic nitrogens is 2. The molecule has 3 aromatic carbocycles. The Bertz CT molecular complexity index is 2690. The average Bonchev–Trinajstić information content (AvgIpc) is 4.23. The molecule has 74 heavy (non-hydrogen) atoms. The summed E-state index contributed by atoms with van der Waals surface area (Å²) in [6.45, 7) is 22.1. The van der Waals surface area contributed by atoms with Crippen LogP contribution in [0, 0.1) is 11.3 Å². The van der Waals surface area contributed by atoms with Crippen LogP contribution in [0.2, 0.25) is 0 Å². The van der Waals surface area contributed by atoms with Gasteiger partial charge >= 0.3 is 5.97 Å². The summed E-state index contributed by atoms with van der Waals surface area (Å²) in [5, 5.41) is 6.26. The Labute approximate surface area is 440 Å². The van der Waals surface area contributed by atoms with Crippen molar-refractivity contribution in [2.24, 2.45) is 11.3 Å². The molecule has 2 aliphatic heterocycles. The summed E-state index contributed by atoms with van der Waals surface area (Å²) in [5.74, 6) is -0.191. The Balaban J connectivity index is 1.26. The average molecular weight is 1010 g/mol. The number of aryl methyl sites for hydroxylation is 1. The summed E-state index contributed by atoms with van der Waals surface area (Å²) in [5.41, 5.74) is 14.6. The van der Waals surface area contributed by atoms with Crippen LogP contribution in [-0.2, 0) is 54.5 Å². The van der Waals surface area contributed by atoms with E-state index in [0.29, 0.717) is 39.1 Å². The fourth-order valence-electron chi connectivity index (χ4n) is 10.9. The van der Waals surface area contributed by atoms with Crippen LogP contribution in [0.25, 0.3) is 33.3 Å². The fourth-order valence-corrected chi connectivity index (χ4v) is 10.9. The van der Waals surface area contributed by atoms with Gasteiger partial charge in [-0.25, -0.2) is 5.43 Å². The highest BCUT2D eigenvalue weighted by Gasteiger charge is 2.33. The van der Waals surface area contributed by atoms with Crippen molar-refractivity contribution in [2.45, 2.75) is 124 Å². The number of rotatable bonds is 24. The van der Waals surface area contributed by atoms with E-state index in [9.17, 15) is 14.4 Å². The Hall–Kier alpha value is -5.64. The molecule has 0 bridgehead atoms. The summed E-state index contributed by atoms with van der Waals surface area (Å²) < 4.78 is 20.4. The van der Waals surface area contributed by atoms with Gasteiger partial charge in [0.05, 0.1) is 48.6 Å². The van der Waals surface area contributed by atoms with Crippen molar-refractivity contribution in [3.8, 4) is 22.4 Å². The lowest BCUT2D eigenvalue weighted by molar-refractivity contribution is -0.144.